The molecule has 0 spiro atoms. The highest BCUT2D eigenvalue weighted by Crippen LogP contribution is 2.31. The van der Waals surface area contributed by atoms with Crippen LogP contribution < -0.4 is 0 Å². The molecule has 1 aliphatic carbocycles. The van der Waals surface area contributed by atoms with Crippen molar-refractivity contribution in [2.24, 2.45) is 0 Å². The highest BCUT2D eigenvalue weighted by molar-refractivity contribution is 6.31. The van der Waals surface area contributed by atoms with Gasteiger partial charge in [0.05, 0.1) is 6.54 Å². The third-order valence-electron chi connectivity index (χ3n) is 2.85. The average Bonchev–Trinajstić information content (AvgIpc) is 3.12. The van der Waals surface area contributed by atoms with Crippen molar-refractivity contribution in [3.63, 3.8) is 0 Å². The van der Waals surface area contributed by atoms with Crippen LogP contribution in [0.4, 0.5) is 8.78 Å². The maximum atomic E-state index is 13.6. The van der Waals surface area contributed by atoms with Gasteiger partial charge in [-0.2, -0.15) is 0 Å². The van der Waals surface area contributed by atoms with Crippen molar-refractivity contribution < 1.29 is 13.6 Å². The molecule has 1 aromatic carbocycles. The lowest BCUT2D eigenvalue weighted by atomic mass is 10.2. The predicted octanol–water partition coefficient (Wildman–Crippen LogP) is 3.50. The molecule has 0 heterocycles. The van der Waals surface area contributed by atoms with Crippen LogP contribution >= 0.6 is 23.2 Å². The summed E-state index contributed by atoms with van der Waals surface area (Å²) in [6.07, 6.45) is 1.56. The van der Waals surface area contributed by atoms with Gasteiger partial charge in [0.2, 0.25) is 0 Å². The van der Waals surface area contributed by atoms with Gasteiger partial charge in [-0.15, -0.1) is 0 Å². The monoisotopic (exact) mass is 293 g/mol. The standard InChI is InChI=1S/C12H11Cl2F2NO/c13-9-2-1-3-10(15)8(9)6-17(7-4-5-7)12(18)11(14)16/h1-3,7,11H,4-6H2. The number of nitrogens with zero attached hydrogens (tertiary/aromatic N) is 1. The maximum absolute atomic E-state index is 13.6. The van der Waals surface area contributed by atoms with Crippen molar-refractivity contribution in [1.29, 1.82) is 0 Å². The van der Waals surface area contributed by atoms with E-state index in [1.807, 2.05) is 0 Å². The second-order valence-electron chi connectivity index (χ2n) is 4.20. The molecule has 0 aliphatic heterocycles. The van der Waals surface area contributed by atoms with Crippen LogP contribution in [-0.4, -0.2) is 22.5 Å². The highest BCUT2D eigenvalue weighted by atomic mass is 35.5. The zero-order chi connectivity index (χ0) is 13.3. The smallest absolute Gasteiger partial charge is 0.273 e. The summed E-state index contributed by atoms with van der Waals surface area (Å²) in [6, 6.07) is 4.20. The molecule has 1 aromatic rings. The Morgan fingerprint density at radius 1 is 1.50 bits per heavy atom. The summed E-state index contributed by atoms with van der Waals surface area (Å²) >= 11 is 11.0. The molecule has 18 heavy (non-hydrogen) atoms. The van der Waals surface area contributed by atoms with Crippen LogP contribution in [0.2, 0.25) is 5.02 Å². The first-order chi connectivity index (χ1) is 8.50. The van der Waals surface area contributed by atoms with Crippen molar-refractivity contribution in [3.05, 3.63) is 34.6 Å². The number of rotatable bonds is 4. The molecule has 2 rings (SSSR count). The minimum atomic E-state index is -2.10. The van der Waals surface area contributed by atoms with Gasteiger partial charge in [0.15, 0.2) is 0 Å². The van der Waals surface area contributed by atoms with E-state index in [2.05, 4.69) is 0 Å². The molecule has 1 amide bonds. The van der Waals surface area contributed by atoms with Gasteiger partial charge < -0.3 is 4.90 Å². The second-order valence-corrected chi connectivity index (χ2v) is 4.99. The first-order valence-corrected chi connectivity index (χ1v) is 6.33. The van der Waals surface area contributed by atoms with Gasteiger partial charge in [-0.1, -0.05) is 29.3 Å². The molecule has 1 saturated carbocycles. The van der Waals surface area contributed by atoms with Gasteiger partial charge in [0.25, 0.3) is 11.5 Å². The fourth-order valence-corrected chi connectivity index (χ4v) is 2.10. The SMILES string of the molecule is O=C(C(F)Cl)N(Cc1c(F)cccc1Cl)C1CC1. The Kier molecular flexibility index (Phi) is 4.07. The summed E-state index contributed by atoms with van der Waals surface area (Å²) in [5, 5.41) is 0.221. The van der Waals surface area contributed by atoms with E-state index in [1.165, 1.54) is 23.1 Å². The first kappa shape index (κ1) is 13.6. The summed E-state index contributed by atoms with van der Waals surface area (Å²) in [7, 11) is 0. The fourth-order valence-electron chi connectivity index (χ4n) is 1.75. The molecule has 1 fully saturated rings. The van der Waals surface area contributed by atoms with Gasteiger partial charge in [-0.05, 0) is 25.0 Å². The minimum Gasteiger partial charge on any atom is -0.332 e. The Bertz CT molecular complexity index is 443. The Morgan fingerprint density at radius 3 is 2.67 bits per heavy atom. The largest absolute Gasteiger partial charge is 0.332 e. The average molecular weight is 294 g/mol. The summed E-state index contributed by atoms with van der Waals surface area (Å²) in [4.78, 5) is 12.9. The topological polar surface area (TPSA) is 20.3 Å². The van der Waals surface area contributed by atoms with Crippen molar-refractivity contribution >= 4 is 29.1 Å². The van der Waals surface area contributed by atoms with Crippen LogP contribution in [0, 0.1) is 5.82 Å². The molecular weight excluding hydrogens is 283 g/mol. The van der Waals surface area contributed by atoms with Gasteiger partial charge in [-0.3, -0.25) is 4.79 Å². The molecule has 0 aromatic heterocycles. The number of benzene rings is 1. The summed E-state index contributed by atoms with van der Waals surface area (Å²) < 4.78 is 26.5. The highest BCUT2D eigenvalue weighted by Gasteiger charge is 2.36. The predicted molar refractivity (Wildman–Crippen MR) is 65.7 cm³/mol. The molecule has 0 bridgehead atoms. The lowest BCUT2D eigenvalue weighted by Gasteiger charge is -2.23. The number of alkyl halides is 2. The van der Waals surface area contributed by atoms with E-state index in [1.54, 1.807) is 0 Å². The Labute approximate surface area is 113 Å². The van der Waals surface area contributed by atoms with Gasteiger partial charge in [0, 0.05) is 16.6 Å². The van der Waals surface area contributed by atoms with E-state index in [0.717, 1.165) is 12.8 Å². The van der Waals surface area contributed by atoms with Crippen LogP contribution in [0.1, 0.15) is 18.4 Å². The van der Waals surface area contributed by atoms with Gasteiger partial charge in [-0.25, -0.2) is 8.78 Å². The minimum absolute atomic E-state index is 0.0534. The first-order valence-electron chi connectivity index (χ1n) is 5.52. The van der Waals surface area contributed by atoms with Crippen LogP contribution in [0.25, 0.3) is 0 Å². The van der Waals surface area contributed by atoms with E-state index in [-0.39, 0.29) is 23.2 Å². The third-order valence-corrected chi connectivity index (χ3v) is 3.39. The number of hydrogen-bond donors (Lipinski definition) is 0. The number of hydrogen-bond acceptors (Lipinski definition) is 1. The lowest BCUT2D eigenvalue weighted by Crippen LogP contribution is -2.36. The van der Waals surface area contributed by atoms with Crippen molar-refractivity contribution in [2.45, 2.75) is 31.1 Å². The zero-order valence-corrected chi connectivity index (χ0v) is 10.9. The Hall–Kier alpha value is -0.870. The van der Waals surface area contributed by atoms with Crippen molar-refractivity contribution in [3.8, 4) is 0 Å². The normalized spacial score (nSPS) is 16.4. The molecular formula is C12H11Cl2F2NO. The molecule has 1 atom stereocenters. The summed E-state index contributed by atoms with van der Waals surface area (Å²) in [5.41, 5.74) is -1.91. The molecule has 1 unspecified atom stereocenters. The van der Waals surface area contributed by atoms with Crippen LogP contribution in [0.15, 0.2) is 18.2 Å². The fraction of sp³-hybridized carbons (Fsp3) is 0.417. The number of carbonyl (C=O) groups excluding carboxylic acids is 1. The quantitative estimate of drug-likeness (QED) is 0.778. The van der Waals surface area contributed by atoms with Gasteiger partial charge >= 0.3 is 0 Å². The number of amides is 1. The summed E-state index contributed by atoms with van der Waals surface area (Å²) in [6.45, 7) is -0.0534. The van der Waals surface area contributed by atoms with Gasteiger partial charge in [0.1, 0.15) is 5.82 Å². The van der Waals surface area contributed by atoms with E-state index >= 15 is 0 Å². The molecule has 1 aliphatic rings. The molecule has 0 saturated heterocycles. The third kappa shape index (κ3) is 2.93. The molecule has 2 nitrogen and oxygen atoms in total. The molecule has 6 heteroatoms. The Balaban J connectivity index is 2.21. The van der Waals surface area contributed by atoms with Crippen LogP contribution in [-0.2, 0) is 11.3 Å². The van der Waals surface area contributed by atoms with Crippen LogP contribution in [0.3, 0.4) is 0 Å². The lowest BCUT2D eigenvalue weighted by molar-refractivity contribution is -0.134. The van der Waals surface area contributed by atoms with E-state index in [4.69, 9.17) is 23.2 Å². The maximum Gasteiger partial charge on any atom is 0.273 e. The molecule has 98 valence electrons. The Morgan fingerprint density at radius 2 is 2.17 bits per heavy atom. The van der Waals surface area contributed by atoms with Crippen molar-refractivity contribution in [2.75, 3.05) is 0 Å². The van der Waals surface area contributed by atoms with Crippen molar-refractivity contribution in [1.82, 2.24) is 4.90 Å². The number of carbonyl (C=O) groups is 1. The van der Waals surface area contributed by atoms with E-state index in [0.29, 0.717) is 0 Å². The molecule has 0 N–H and O–H groups in total. The second kappa shape index (κ2) is 5.41. The van der Waals surface area contributed by atoms with Crippen LogP contribution in [0.5, 0.6) is 0 Å². The zero-order valence-electron chi connectivity index (χ0n) is 9.38. The molecule has 0 radical (unpaired) electrons. The number of halogens is 4. The van der Waals surface area contributed by atoms with E-state index in [9.17, 15) is 13.6 Å². The van der Waals surface area contributed by atoms with E-state index < -0.39 is 17.4 Å². The summed E-state index contributed by atoms with van der Waals surface area (Å²) in [5.74, 6) is -1.34.